The van der Waals surface area contributed by atoms with Crippen molar-refractivity contribution in [2.75, 3.05) is 13.1 Å². The molecular formula is C13H20N4O3. The first-order valence-electron chi connectivity index (χ1n) is 6.57. The van der Waals surface area contributed by atoms with Crippen molar-refractivity contribution >= 4 is 12.0 Å². The van der Waals surface area contributed by atoms with Crippen LogP contribution in [0.3, 0.4) is 0 Å². The highest BCUT2D eigenvalue weighted by molar-refractivity contribution is 5.81. The molecule has 0 radical (unpaired) electrons. The van der Waals surface area contributed by atoms with E-state index in [0.717, 1.165) is 5.82 Å². The molecule has 0 aromatic carbocycles. The largest absolute Gasteiger partial charge is 0.480 e. The Hall–Kier alpha value is -2.05. The number of hydrogen-bond donors (Lipinski definition) is 1. The lowest BCUT2D eigenvalue weighted by Gasteiger charge is -2.39. The predicted molar refractivity (Wildman–Crippen MR) is 72.1 cm³/mol. The average molecular weight is 280 g/mol. The molecule has 0 saturated carbocycles. The van der Waals surface area contributed by atoms with E-state index in [1.165, 1.54) is 4.90 Å². The van der Waals surface area contributed by atoms with Gasteiger partial charge >= 0.3 is 12.0 Å². The van der Waals surface area contributed by atoms with Crippen molar-refractivity contribution in [3.8, 4) is 0 Å². The third-order valence-corrected chi connectivity index (χ3v) is 3.35. The first-order chi connectivity index (χ1) is 9.29. The molecule has 20 heavy (non-hydrogen) atoms. The summed E-state index contributed by atoms with van der Waals surface area (Å²) in [6.45, 7) is 6.86. The zero-order chi connectivity index (χ0) is 14.9. The molecule has 0 aliphatic carbocycles. The van der Waals surface area contributed by atoms with E-state index in [0.29, 0.717) is 19.6 Å². The number of imidazole rings is 1. The Kier molecular flexibility index (Phi) is 3.69. The number of fused-ring (bicyclic) bond motifs is 1. The number of amides is 2. The number of urea groups is 1. The number of carboxylic acids is 1. The van der Waals surface area contributed by atoms with Crippen molar-refractivity contribution in [2.24, 2.45) is 0 Å². The van der Waals surface area contributed by atoms with Gasteiger partial charge in [0.25, 0.3) is 0 Å². The van der Waals surface area contributed by atoms with E-state index in [4.69, 9.17) is 5.11 Å². The molecule has 1 aromatic heterocycles. The average Bonchev–Trinajstić information content (AvgIpc) is 2.80. The number of aliphatic carboxylic acids is 1. The molecule has 110 valence electrons. The van der Waals surface area contributed by atoms with E-state index in [1.807, 2.05) is 31.5 Å². The Morgan fingerprint density at radius 2 is 2.10 bits per heavy atom. The lowest BCUT2D eigenvalue weighted by Crippen LogP contribution is -2.54. The number of aromatic nitrogens is 2. The van der Waals surface area contributed by atoms with Gasteiger partial charge in [-0.2, -0.15) is 0 Å². The minimum absolute atomic E-state index is 0.255. The van der Waals surface area contributed by atoms with Crippen LogP contribution in [0.4, 0.5) is 4.79 Å². The summed E-state index contributed by atoms with van der Waals surface area (Å²) in [6, 6.07) is -0.255. The predicted octanol–water partition coefficient (Wildman–Crippen LogP) is 1.00. The zero-order valence-corrected chi connectivity index (χ0v) is 12.0. The Morgan fingerprint density at radius 3 is 2.70 bits per heavy atom. The second-order valence-electron chi connectivity index (χ2n) is 5.89. The molecule has 0 unspecified atom stereocenters. The summed E-state index contributed by atoms with van der Waals surface area (Å²) in [7, 11) is 0. The molecule has 7 heteroatoms. The third kappa shape index (κ3) is 2.92. The summed E-state index contributed by atoms with van der Waals surface area (Å²) < 4.78 is 2.00. The van der Waals surface area contributed by atoms with E-state index < -0.39 is 11.5 Å². The van der Waals surface area contributed by atoms with Crippen molar-refractivity contribution in [2.45, 2.75) is 39.4 Å². The van der Waals surface area contributed by atoms with Gasteiger partial charge in [-0.3, -0.25) is 4.79 Å². The molecular weight excluding hydrogens is 260 g/mol. The molecule has 7 nitrogen and oxygen atoms in total. The molecule has 0 saturated heterocycles. The van der Waals surface area contributed by atoms with Crippen molar-refractivity contribution in [1.29, 1.82) is 0 Å². The van der Waals surface area contributed by atoms with E-state index in [1.54, 1.807) is 11.1 Å². The van der Waals surface area contributed by atoms with Gasteiger partial charge < -0.3 is 19.5 Å². The van der Waals surface area contributed by atoms with Gasteiger partial charge in [-0.15, -0.1) is 0 Å². The standard InChI is InChI=1S/C13H20N4O3/c1-13(2,3)17(9-11(18)19)12(20)16-7-6-15-5-4-14-10(15)8-16/h4-5H,6-9H2,1-3H3,(H,18,19). The first kappa shape index (κ1) is 14.4. The molecule has 2 heterocycles. The monoisotopic (exact) mass is 280 g/mol. The number of carbonyl (C=O) groups is 2. The summed E-state index contributed by atoms with van der Waals surface area (Å²) in [5.41, 5.74) is -0.539. The Balaban J connectivity index is 2.15. The molecule has 1 aliphatic heterocycles. The fourth-order valence-electron chi connectivity index (χ4n) is 2.23. The van der Waals surface area contributed by atoms with E-state index in [2.05, 4.69) is 4.98 Å². The maximum Gasteiger partial charge on any atom is 0.323 e. The van der Waals surface area contributed by atoms with Crippen LogP contribution in [0.2, 0.25) is 0 Å². The smallest absolute Gasteiger partial charge is 0.323 e. The summed E-state index contributed by atoms with van der Waals surface area (Å²) in [5, 5.41) is 8.99. The van der Waals surface area contributed by atoms with Crippen LogP contribution < -0.4 is 0 Å². The molecule has 0 fully saturated rings. The summed E-state index contributed by atoms with van der Waals surface area (Å²) in [5.74, 6) is -0.180. The van der Waals surface area contributed by atoms with Crippen LogP contribution >= 0.6 is 0 Å². The Morgan fingerprint density at radius 1 is 1.40 bits per heavy atom. The van der Waals surface area contributed by atoms with Crippen LogP contribution in [0.1, 0.15) is 26.6 Å². The number of rotatable bonds is 2. The van der Waals surface area contributed by atoms with Crippen LogP contribution in [0, 0.1) is 0 Å². The molecule has 2 rings (SSSR count). The maximum atomic E-state index is 12.6. The molecule has 1 aliphatic rings. The minimum Gasteiger partial charge on any atom is -0.480 e. The van der Waals surface area contributed by atoms with Crippen molar-refractivity contribution in [1.82, 2.24) is 19.4 Å². The molecule has 2 amide bonds. The van der Waals surface area contributed by atoms with Crippen LogP contribution in [-0.2, 0) is 17.9 Å². The van der Waals surface area contributed by atoms with Crippen LogP contribution in [0.5, 0.6) is 0 Å². The highest BCUT2D eigenvalue weighted by atomic mass is 16.4. The van der Waals surface area contributed by atoms with E-state index >= 15 is 0 Å². The number of hydrogen-bond acceptors (Lipinski definition) is 3. The number of nitrogens with zero attached hydrogens (tertiary/aromatic N) is 4. The van der Waals surface area contributed by atoms with Gasteiger partial charge in [0.05, 0.1) is 6.54 Å². The van der Waals surface area contributed by atoms with E-state index in [9.17, 15) is 9.59 Å². The van der Waals surface area contributed by atoms with Crippen molar-refractivity contribution in [3.63, 3.8) is 0 Å². The van der Waals surface area contributed by atoms with Gasteiger partial charge in [0.2, 0.25) is 0 Å². The fourth-order valence-corrected chi connectivity index (χ4v) is 2.23. The normalized spacial score (nSPS) is 14.8. The van der Waals surface area contributed by atoms with Gasteiger partial charge in [-0.1, -0.05) is 0 Å². The third-order valence-electron chi connectivity index (χ3n) is 3.35. The van der Waals surface area contributed by atoms with Crippen molar-refractivity contribution < 1.29 is 14.7 Å². The summed E-state index contributed by atoms with van der Waals surface area (Å²) in [6.07, 6.45) is 3.60. The van der Waals surface area contributed by atoms with Crippen molar-refractivity contribution in [3.05, 3.63) is 18.2 Å². The Bertz CT molecular complexity index is 518. The lowest BCUT2D eigenvalue weighted by molar-refractivity contribution is -0.138. The second kappa shape index (κ2) is 5.15. The quantitative estimate of drug-likeness (QED) is 0.876. The Labute approximate surface area is 117 Å². The molecule has 0 spiro atoms. The topological polar surface area (TPSA) is 78.7 Å². The highest BCUT2D eigenvalue weighted by Crippen LogP contribution is 2.19. The number of carboxylic acid groups (broad SMARTS) is 1. The van der Waals surface area contributed by atoms with Crippen LogP contribution in [-0.4, -0.2) is 55.1 Å². The highest BCUT2D eigenvalue weighted by Gasteiger charge is 2.33. The SMILES string of the molecule is CC(C)(C)N(CC(=O)O)C(=O)N1CCn2ccnc2C1. The number of carbonyl (C=O) groups excluding carboxylic acids is 1. The van der Waals surface area contributed by atoms with Gasteiger partial charge in [-0.25, -0.2) is 9.78 Å². The lowest BCUT2D eigenvalue weighted by atomic mass is 10.1. The minimum atomic E-state index is -1.01. The van der Waals surface area contributed by atoms with Crippen LogP contribution in [0.25, 0.3) is 0 Å². The molecule has 1 N–H and O–H groups in total. The molecule has 0 bridgehead atoms. The second-order valence-corrected chi connectivity index (χ2v) is 5.89. The van der Waals surface area contributed by atoms with E-state index in [-0.39, 0.29) is 12.6 Å². The molecule has 1 aromatic rings. The van der Waals surface area contributed by atoms with Gasteiger partial charge in [0, 0.05) is 31.0 Å². The van der Waals surface area contributed by atoms with Gasteiger partial charge in [0.1, 0.15) is 12.4 Å². The fraction of sp³-hybridized carbons (Fsp3) is 0.615. The summed E-state index contributed by atoms with van der Waals surface area (Å²) >= 11 is 0. The van der Waals surface area contributed by atoms with Crippen LogP contribution in [0.15, 0.2) is 12.4 Å². The summed E-state index contributed by atoms with van der Waals surface area (Å²) in [4.78, 5) is 30.8. The zero-order valence-electron chi connectivity index (χ0n) is 12.0. The maximum absolute atomic E-state index is 12.6. The molecule has 0 atom stereocenters. The van der Waals surface area contributed by atoms with Gasteiger partial charge in [-0.05, 0) is 20.8 Å². The van der Waals surface area contributed by atoms with Gasteiger partial charge in [0.15, 0.2) is 0 Å². The first-order valence-corrected chi connectivity index (χ1v) is 6.57.